The van der Waals surface area contributed by atoms with Gasteiger partial charge < -0.3 is 25.0 Å². The summed E-state index contributed by atoms with van der Waals surface area (Å²) in [4.78, 5) is 76.2. The molecule has 1 aromatic carbocycles. The number of rotatable bonds is 7. The third-order valence-corrected chi connectivity index (χ3v) is 12.8. The van der Waals surface area contributed by atoms with Gasteiger partial charge in [-0.1, -0.05) is 45.0 Å². The summed E-state index contributed by atoms with van der Waals surface area (Å²) in [6.07, 6.45) is 6.44. The van der Waals surface area contributed by atoms with Gasteiger partial charge >= 0.3 is 6.09 Å². The molecule has 16 nitrogen and oxygen atoms in total. The number of fused-ring (bicyclic) bond motifs is 13. The van der Waals surface area contributed by atoms with Gasteiger partial charge in [0.1, 0.15) is 17.6 Å². The Balaban J connectivity index is 1.30. The Kier molecular flexibility index (Phi) is 10.4. The number of alkyl carbamates (subject to hydrolysis) is 1. The first-order chi connectivity index (χ1) is 26.6. The number of amides is 4. The number of pyridine rings is 1. The van der Waals surface area contributed by atoms with Crippen LogP contribution >= 0.6 is 0 Å². The van der Waals surface area contributed by atoms with Crippen molar-refractivity contribution in [1.29, 1.82) is 0 Å². The molecule has 5 heterocycles. The second-order valence-corrected chi connectivity index (χ2v) is 18.0. The summed E-state index contributed by atoms with van der Waals surface area (Å²) in [7, 11) is -3.94. The second kappa shape index (κ2) is 15.0. The van der Waals surface area contributed by atoms with Crippen molar-refractivity contribution >= 4 is 44.7 Å². The molecule has 56 heavy (non-hydrogen) atoms. The lowest BCUT2D eigenvalue weighted by atomic mass is 9.85. The fraction of sp³-hybridized carbons (Fsp3) is 0.513. The Hall–Kier alpha value is -5.32. The maximum absolute atomic E-state index is 14.7. The summed E-state index contributed by atoms with van der Waals surface area (Å²) in [5.41, 5.74) is -1.50. The Morgan fingerprint density at radius 3 is 2.50 bits per heavy atom. The molecule has 2 aliphatic carbocycles. The summed E-state index contributed by atoms with van der Waals surface area (Å²) in [6, 6.07) is 5.81. The standard InChI is InChI=1S/C39H47N7O9S/c1-5-23-20-39(23,36(50)44-56(52,53)25-14-15-25)43-33(47)29-19-24-22-45(29)35(49)32(38(2,3)4)42-37(51)55-18-8-6-7-17-54-30-21-41-46(24)34(48)31(30)27-11-9-13-28-26(27)12-10-16-40-28/h5,9-13,16,21,23-25,29,32H,1,6-8,14-15,17-20,22H2,2-4H3,(H,42,51)(H,43,47)(H,44,50)/t23?,24-,29+,32-,39?/m1/s1. The monoisotopic (exact) mass is 789 g/mol. The molecule has 3 aromatic rings. The van der Waals surface area contributed by atoms with Crippen molar-refractivity contribution in [3.05, 3.63) is 65.7 Å². The zero-order valence-electron chi connectivity index (χ0n) is 31.7. The van der Waals surface area contributed by atoms with Crippen molar-refractivity contribution in [1.82, 2.24) is 35.0 Å². The van der Waals surface area contributed by atoms with Gasteiger partial charge in [-0.3, -0.25) is 28.9 Å². The lowest BCUT2D eigenvalue weighted by Gasteiger charge is -2.35. The number of carbonyl (C=O) groups excluding carboxylic acids is 4. The minimum atomic E-state index is -3.94. The molecule has 1 saturated heterocycles. The van der Waals surface area contributed by atoms with Crippen molar-refractivity contribution in [2.75, 3.05) is 19.8 Å². The number of hydrogen-bond acceptors (Lipinski definition) is 11. The van der Waals surface area contributed by atoms with E-state index in [0.29, 0.717) is 48.6 Å². The largest absolute Gasteiger partial charge is 0.491 e. The van der Waals surface area contributed by atoms with Gasteiger partial charge in [0.25, 0.3) is 11.5 Å². The molecule has 3 N–H and O–H groups in total. The molecule has 4 amide bonds. The SMILES string of the molecule is C=CC1CC1(NC(=O)[C@@H]1C[C@@H]2CN1C(=O)[C@H](C(C)(C)C)NC(=O)OCCCCCOc1cnn2c(=O)c1-c1cccc2ncccc12)C(=O)NS(=O)(=O)C1CC1. The zero-order chi connectivity index (χ0) is 40.0. The number of hydrogen-bond donors (Lipinski definition) is 3. The summed E-state index contributed by atoms with van der Waals surface area (Å²) >= 11 is 0. The Labute approximate surface area is 324 Å². The van der Waals surface area contributed by atoms with Crippen LogP contribution in [-0.4, -0.2) is 94.5 Å². The van der Waals surface area contributed by atoms with Crippen molar-refractivity contribution < 1.29 is 37.1 Å². The van der Waals surface area contributed by atoms with Crippen molar-refractivity contribution in [3.8, 4) is 16.9 Å². The minimum Gasteiger partial charge on any atom is -0.491 e. The molecule has 2 saturated carbocycles. The van der Waals surface area contributed by atoms with Crippen molar-refractivity contribution in [2.24, 2.45) is 11.3 Å². The fourth-order valence-electron chi connectivity index (χ4n) is 7.59. The highest BCUT2D eigenvalue weighted by atomic mass is 32.2. The molecule has 2 unspecified atom stereocenters. The van der Waals surface area contributed by atoms with Crippen LogP contribution in [0.2, 0.25) is 0 Å². The number of nitrogens with zero attached hydrogens (tertiary/aromatic N) is 4. The summed E-state index contributed by atoms with van der Waals surface area (Å²) < 4.78 is 40.5. The maximum Gasteiger partial charge on any atom is 0.407 e. The first-order valence-electron chi connectivity index (χ1n) is 19.0. The van der Waals surface area contributed by atoms with Crippen LogP contribution in [-0.2, 0) is 29.1 Å². The van der Waals surface area contributed by atoms with Gasteiger partial charge in [0.2, 0.25) is 21.8 Å². The van der Waals surface area contributed by atoms with Gasteiger partial charge in [-0.25, -0.2) is 17.9 Å². The van der Waals surface area contributed by atoms with Crippen LogP contribution in [0.1, 0.15) is 71.8 Å². The average Bonchev–Trinajstić information content (AvgIpc) is 4.09. The third kappa shape index (κ3) is 7.60. The van der Waals surface area contributed by atoms with Gasteiger partial charge in [0.15, 0.2) is 5.75 Å². The van der Waals surface area contributed by atoms with Gasteiger partial charge in [-0.15, -0.1) is 6.58 Å². The molecule has 5 aliphatic rings. The van der Waals surface area contributed by atoms with E-state index in [2.05, 4.69) is 32.0 Å². The van der Waals surface area contributed by atoms with E-state index < -0.39 is 79.6 Å². The van der Waals surface area contributed by atoms with Gasteiger partial charge in [0, 0.05) is 36.0 Å². The highest BCUT2D eigenvalue weighted by Crippen LogP contribution is 2.46. The number of nitrogens with one attached hydrogen (secondary N) is 3. The quantitative estimate of drug-likeness (QED) is 0.297. The number of benzene rings is 1. The first-order valence-corrected chi connectivity index (χ1v) is 20.5. The highest BCUT2D eigenvalue weighted by molar-refractivity contribution is 7.91. The number of sulfonamides is 1. The summed E-state index contributed by atoms with van der Waals surface area (Å²) in [5, 5.41) is 10.0. The Bertz CT molecular complexity index is 2250. The van der Waals surface area contributed by atoms with E-state index >= 15 is 0 Å². The van der Waals surface area contributed by atoms with E-state index in [4.69, 9.17) is 9.47 Å². The van der Waals surface area contributed by atoms with Crippen LogP contribution in [0, 0.1) is 11.3 Å². The third-order valence-electron chi connectivity index (χ3n) is 11.0. The van der Waals surface area contributed by atoms with E-state index in [9.17, 15) is 32.4 Å². The highest BCUT2D eigenvalue weighted by Gasteiger charge is 2.62. The molecule has 3 aliphatic heterocycles. The van der Waals surface area contributed by atoms with Crippen LogP contribution in [0.3, 0.4) is 0 Å². The van der Waals surface area contributed by atoms with E-state index in [1.54, 1.807) is 45.2 Å². The maximum atomic E-state index is 14.7. The van der Waals surface area contributed by atoms with Gasteiger partial charge in [-0.2, -0.15) is 5.10 Å². The van der Waals surface area contributed by atoms with Crippen LogP contribution < -0.4 is 25.7 Å². The molecule has 298 valence electrons. The van der Waals surface area contributed by atoms with E-state index in [1.165, 1.54) is 21.9 Å². The molecule has 2 aromatic heterocycles. The number of aromatic nitrogens is 3. The van der Waals surface area contributed by atoms with E-state index in [1.807, 2.05) is 12.1 Å². The lowest BCUT2D eigenvalue weighted by Crippen LogP contribution is -2.60. The molecule has 5 atom stereocenters. The normalized spacial score (nSPS) is 25.9. The van der Waals surface area contributed by atoms with Crippen molar-refractivity contribution in [3.63, 3.8) is 0 Å². The predicted octanol–water partition coefficient (Wildman–Crippen LogP) is 2.97. The molecule has 4 bridgehead atoms. The Morgan fingerprint density at radius 1 is 1.05 bits per heavy atom. The van der Waals surface area contributed by atoms with Gasteiger partial charge in [0.05, 0.1) is 41.8 Å². The zero-order valence-corrected chi connectivity index (χ0v) is 32.5. The summed E-state index contributed by atoms with van der Waals surface area (Å²) in [5.74, 6) is -2.55. The van der Waals surface area contributed by atoms with Crippen LogP contribution in [0.4, 0.5) is 4.79 Å². The second-order valence-electron chi connectivity index (χ2n) is 16.1. The van der Waals surface area contributed by atoms with E-state index in [0.717, 1.165) is 0 Å². The molecule has 8 rings (SSSR count). The molecule has 0 radical (unpaired) electrons. The summed E-state index contributed by atoms with van der Waals surface area (Å²) in [6.45, 7) is 9.25. The Morgan fingerprint density at radius 2 is 1.80 bits per heavy atom. The average molecular weight is 790 g/mol. The first kappa shape index (κ1) is 38.9. The predicted molar refractivity (Wildman–Crippen MR) is 205 cm³/mol. The molecule has 3 fully saturated rings. The van der Waals surface area contributed by atoms with Crippen LogP contribution in [0.15, 0.2) is 60.2 Å². The molecular weight excluding hydrogens is 743 g/mol. The van der Waals surface area contributed by atoms with Gasteiger partial charge in [-0.05, 0) is 56.1 Å². The van der Waals surface area contributed by atoms with Crippen LogP contribution in [0.5, 0.6) is 5.75 Å². The fourth-order valence-corrected chi connectivity index (χ4v) is 8.96. The molecule has 0 spiro atoms. The molecular formula is C39H47N7O9S. The number of carbonyl (C=O) groups is 4. The number of ether oxygens (including phenoxy) is 2. The molecule has 17 heteroatoms. The van der Waals surface area contributed by atoms with E-state index in [-0.39, 0.29) is 43.9 Å². The smallest absolute Gasteiger partial charge is 0.407 e. The van der Waals surface area contributed by atoms with Crippen molar-refractivity contribution in [2.45, 2.75) is 94.6 Å². The topological polar surface area (TPSA) is 208 Å². The minimum absolute atomic E-state index is 0.0879. The van der Waals surface area contributed by atoms with Crippen LogP contribution in [0.25, 0.3) is 22.0 Å². The lowest BCUT2D eigenvalue weighted by molar-refractivity contribution is -0.142.